The molecule has 1 heterocycles. The van der Waals surface area contributed by atoms with Crippen molar-refractivity contribution in [3.63, 3.8) is 0 Å². The van der Waals surface area contributed by atoms with Crippen LogP contribution < -0.4 is 15.4 Å². The smallest absolute Gasteiger partial charge is 0.238 e. The van der Waals surface area contributed by atoms with Crippen molar-refractivity contribution in [2.45, 2.75) is 11.3 Å². The van der Waals surface area contributed by atoms with Crippen molar-refractivity contribution >= 4 is 49.8 Å². The number of carbonyl (C=O) groups excluding carboxylic acids is 2. The molecule has 2 amide bonds. The van der Waals surface area contributed by atoms with Gasteiger partial charge in [0.1, 0.15) is 5.82 Å². The van der Waals surface area contributed by atoms with Gasteiger partial charge in [0.25, 0.3) is 0 Å². The molecule has 0 saturated heterocycles. The standard InChI is InChI=1S/C21H19BrN4O4S/c22-16-7-10-20(24-13-16)25-21(28)11-12-26(14-27)17-8-5-15(6-9-17)18-3-1-2-4-19(18)31(23,29)30/h1-10,13-14H,11-12H2,(H2,23,29,30)(H,24,25,28). The zero-order chi connectivity index (χ0) is 22.4. The highest BCUT2D eigenvalue weighted by Gasteiger charge is 2.15. The Labute approximate surface area is 188 Å². The fraction of sp³-hybridized carbons (Fsp3) is 0.0952. The Hall–Kier alpha value is -3.08. The highest BCUT2D eigenvalue weighted by atomic mass is 79.9. The van der Waals surface area contributed by atoms with Crippen LogP contribution >= 0.6 is 15.9 Å². The number of hydrogen-bond acceptors (Lipinski definition) is 5. The Bertz CT molecular complexity index is 1180. The molecule has 0 unspecified atom stereocenters. The highest BCUT2D eigenvalue weighted by Crippen LogP contribution is 2.28. The molecule has 0 radical (unpaired) electrons. The van der Waals surface area contributed by atoms with Crippen LogP contribution in [0.3, 0.4) is 0 Å². The Balaban J connectivity index is 1.69. The molecule has 0 aliphatic rings. The van der Waals surface area contributed by atoms with Gasteiger partial charge in [-0.2, -0.15) is 0 Å². The van der Waals surface area contributed by atoms with E-state index in [9.17, 15) is 18.0 Å². The van der Waals surface area contributed by atoms with Crippen LogP contribution in [0.4, 0.5) is 11.5 Å². The summed E-state index contributed by atoms with van der Waals surface area (Å²) in [5.41, 5.74) is 1.68. The fourth-order valence-electron chi connectivity index (χ4n) is 2.91. The van der Waals surface area contributed by atoms with Crippen molar-refractivity contribution < 1.29 is 18.0 Å². The number of pyridine rings is 1. The van der Waals surface area contributed by atoms with E-state index in [1.807, 2.05) is 0 Å². The van der Waals surface area contributed by atoms with Crippen molar-refractivity contribution in [1.29, 1.82) is 0 Å². The number of nitrogens with two attached hydrogens (primary N) is 1. The molecule has 3 rings (SSSR count). The quantitative estimate of drug-likeness (QED) is 0.458. The van der Waals surface area contributed by atoms with Crippen LogP contribution in [0.25, 0.3) is 11.1 Å². The lowest BCUT2D eigenvalue weighted by atomic mass is 10.1. The maximum atomic E-state index is 12.1. The summed E-state index contributed by atoms with van der Waals surface area (Å²) in [5.74, 6) is 0.143. The van der Waals surface area contributed by atoms with Gasteiger partial charge in [0.2, 0.25) is 22.3 Å². The van der Waals surface area contributed by atoms with E-state index in [0.29, 0.717) is 29.0 Å². The predicted molar refractivity (Wildman–Crippen MR) is 122 cm³/mol. The number of sulfonamides is 1. The Kier molecular flexibility index (Phi) is 7.16. The summed E-state index contributed by atoms with van der Waals surface area (Å²) in [6.45, 7) is 0.166. The van der Waals surface area contributed by atoms with E-state index >= 15 is 0 Å². The number of benzene rings is 2. The normalized spacial score (nSPS) is 11.0. The van der Waals surface area contributed by atoms with E-state index in [4.69, 9.17) is 5.14 Å². The molecular formula is C21H19BrN4O4S. The van der Waals surface area contributed by atoms with Crippen LogP contribution in [-0.4, -0.2) is 32.3 Å². The molecule has 31 heavy (non-hydrogen) atoms. The molecule has 0 saturated carbocycles. The van der Waals surface area contributed by atoms with Gasteiger partial charge in [-0.3, -0.25) is 9.59 Å². The first-order valence-corrected chi connectivity index (χ1v) is 11.5. The number of aromatic nitrogens is 1. The molecule has 0 atom stereocenters. The third kappa shape index (κ3) is 5.97. The van der Waals surface area contributed by atoms with Crippen molar-refractivity contribution in [3.8, 4) is 11.1 Å². The van der Waals surface area contributed by atoms with Crippen molar-refractivity contribution in [2.75, 3.05) is 16.8 Å². The Morgan fingerprint density at radius 2 is 1.81 bits per heavy atom. The maximum absolute atomic E-state index is 12.1. The van der Waals surface area contributed by atoms with E-state index in [2.05, 4.69) is 26.2 Å². The SMILES string of the molecule is NS(=O)(=O)c1ccccc1-c1ccc(N(C=O)CCC(=O)Nc2ccc(Br)cn2)cc1. The van der Waals surface area contributed by atoms with Gasteiger partial charge in [0.05, 0.1) is 4.90 Å². The molecule has 3 N–H and O–H groups in total. The summed E-state index contributed by atoms with van der Waals surface area (Å²) in [4.78, 5) is 29.2. The third-order valence-electron chi connectivity index (χ3n) is 4.41. The van der Waals surface area contributed by atoms with E-state index in [1.165, 1.54) is 11.0 Å². The van der Waals surface area contributed by atoms with Gasteiger partial charge in [-0.15, -0.1) is 0 Å². The zero-order valence-corrected chi connectivity index (χ0v) is 18.6. The molecule has 1 aromatic heterocycles. The first kappa shape index (κ1) is 22.6. The molecule has 0 aliphatic heterocycles. The van der Waals surface area contributed by atoms with Gasteiger partial charge in [0, 0.05) is 34.9 Å². The first-order chi connectivity index (χ1) is 14.8. The molecule has 0 aliphatic carbocycles. The fourth-order valence-corrected chi connectivity index (χ4v) is 3.90. The second-order valence-electron chi connectivity index (χ2n) is 6.55. The first-order valence-electron chi connectivity index (χ1n) is 9.13. The van der Waals surface area contributed by atoms with E-state index in [-0.39, 0.29) is 23.8 Å². The number of carbonyl (C=O) groups is 2. The summed E-state index contributed by atoms with van der Waals surface area (Å²) in [6, 6.07) is 16.6. The maximum Gasteiger partial charge on any atom is 0.238 e. The topological polar surface area (TPSA) is 122 Å². The third-order valence-corrected chi connectivity index (χ3v) is 5.84. The number of amides is 2. The van der Waals surface area contributed by atoms with Crippen LogP contribution in [0, 0.1) is 0 Å². The van der Waals surface area contributed by atoms with Crippen molar-refractivity contribution in [3.05, 3.63) is 71.3 Å². The van der Waals surface area contributed by atoms with Crippen molar-refractivity contribution in [1.82, 2.24) is 4.98 Å². The molecule has 10 heteroatoms. The number of primary sulfonamides is 1. The predicted octanol–water partition coefficient (Wildman–Crippen LogP) is 3.15. The molecule has 2 aromatic carbocycles. The minimum absolute atomic E-state index is 0.0215. The van der Waals surface area contributed by atoms with E-state index < -0.39 is 10.0 Å². The largest absolute Gasteiger partial charge is 0.314 e. The Morgan fingerprint density at radius 3 is 2.42 bits per heavy atom. The number of halogens is 1. The van der Waals surface area contributed by atoms with Gasteiger partial charge in [-0.25, -0.2) is 18.5 Å². The van der Waals surface area contributed by atoms with Crippen LogP contribution in [0.1, 0.15) is 6.42 Å². The average molecular weight is 503 g/mol. The summed E-state index contributed by atoms with van der Waals surface area (Å²) < 4.78 is 24.4. The van der Waals surface area contributed by atoms with Crippen molar-refractivity contribution in [2.24, 2.45) is 5.14 Å². The molecular weight excluding hydrogens is 484 g/mol. The number of nitrogens with one attached hydrogen (secondary N) is 1. The second kappa shape index (κ2) is 9.82. The zero-order valence-electron chi connectivity index (χ0n) is 16.2. The van der Waals surface area contributed by atoms with Crippen LogP contribution in [-0.2, 0) is 19.6 Å². The molecule has 160 valence electrons. The lowest BCUT2D eigenvalue weighted by Gasteiger charge is -2.18. The summed E-state index contributed by atoms with van der Waals surface area (Å²) in [5, 5.41) is 7.97. The molecule has 0 fully saturated rings. The van der Waals surface area contributed by atoms with E-state index in [0.717, 1.165) is 4.47 Å². The number of rotatable bonds is 8. The lowest BCUT2D eigenvalue weighted by molar-refractivity contribution is -0.116. The summed E-state index contributed by atoms with van der Waals surface area (Å²) in [6.07, 6.45) is 2.29. The monoisotopic (exact) mass is 502 g/mol. The minimum Gasteiger partial charge on any atom is -0.314 e. The van der Waals surface area contributed by atoms with Crippen LogP contribution in [0.15, 0.2) is 76.2 Å². The number of anilines is 2. The molecule has 3 aromatic rings. The number of hydrogen-bond donors (Lipinski definition) is 2. The molecule has 0 bridgehead atoms. The van der Waals surface area contributed by atoms with Crippen LogP contribution in [0.2, 0.25) is 0 Å². The number of nitrogens with zero attached hydrogens (tertiary/aromatic N) is 2. The van der Waals surface area contributed by atoms with Gasteiger partial charge in [-0.05, 0) is 51.8 Å². The molecule has 8 nitrogen and oxygen atoms in total. The minimum atomic E-state index is -3.88. The Morgan fingerprint density at radius 1 is 1.10 bits per heavy atom. The second-order valence-corrected chi connectivity index (χ2v) is 8.99. The van der Waals surface area contributed by atoms with Gasteiger partial charge in [-0.1, -0.05) is 30.3 Å². The molecule has 0 spiro atoms. The van der Waals surface area contributed by atoms with Crippen LogP contribution in [0.5, 0.6) is 0 Å². The lowest BCUT2D eigenvalue weighted by Crippen LogP contribution is -2.26. The average Bonchev–Trinajstić information content (AvgIpc) is 2.76. The van der Waals surface area contributed by atoms with Gasteiger partial charge >= 0.3 is 0 Å². The summed E-state index contributed by atoms with van der Waals surface area (Å²) >= 11 is 3.27. The summed E-state index contributed by atoms with van der Waals surface area (Å²) in [7, 11) is -3.88. The highest BCUT2D eigenvalue weighted by molar-refractivity contribution is 9.10. The van der Waals surface area contributed by atoms with E-state index in [1.54, 1.807) is 60.8 Å². The van der Waals surface area contributed by atoms with Gasteiger partial charge in [0.15, 0.2) is 0 Å². The van der Waals surface area contributed by atoms with Gasteiger partial charge < -0.3 is 10.2 Å².